The predicted molar refractivity (Wildman–Crippen MR) is 96.6 cm³/mol. The van der Waals surface area contributed by atoms with Gasteiger partial charge in [0.25, 0.3) is 0 Å². The molecule has 0 bridgehead atoms. The van der Waals surface area contributed by atoms with E-state index >= 15 is 0 Å². The topological polar surface area (TPSA) is 43.4 Å². The third kappa shape index (κ3) is 15.8. The number of carbonyl (C=O) groups excluding carboxylic acids is 2. The van der Waals surface area contributed by atoms with Crippen molar-refractivity contribution in [2.75, 3.05) is 7.11 Å². The number of ketones is 1. The highest BCUT2D eigenvalue weighted by Gasteiger charge is 2.12. The van der Waals surface area contributed by atoms with Crippen LogP contribution in [-0.2, 0) is 14.3 Å². The highest BCUT2D eigenvalue weighted by Crippen LogP contribution is 2.13. The fourth-order valence-corrected chi connectivity index (χ4v) is 2.87. The lowest BCUT2D eigenvalue weighted by Gasteiger charge is -2.03. The van der Waals surface area contributed by atoms with Gasteiger partial charge >= 0.3 is 5.97 Å². The van der Waals surface area contributed by atoms with E-state index in [4.69, 9.17) is 0 Å². The zero-order valence-corrected chi connectivity index (χ0v) is 15.5. The van der Waals surface area contributed by atoms with Crippen molar-refractivity contribution in [2.24, 2.45) is 0 Å². The van der Waals surface area contributed by atoms with E-state index in [9.17, 15) is 9.59 Å². The Labute approximate surface area is 143 Å². The molecule has 0 saturated heterocycles. The lowest BCUT2D eigenvalue weighted by Crippen LogP contribution is -2.14. The van der Waals surface area contributed by atoms with Crippen LogP contribution in [0.25, 0.3) is 0 Å². The first-order valence-corrected chi connectivity index (χ1v) is 9.83. The fourth-order valence-electron chi connectivity index (χ4n) is 2.87. The third-order valence-corrected chi connectivity index (χ3v) is 4.42. The molecule has 0 fully saturated rings. The highest BCUT2D eigenvalue weighted by molar-refractivity contribution is 6.33. The number of esters is 1. The molecule has 0 rings (SSSR count). The van der Waals surface area contributed by atoms with Gasteiger partial charge in [-0.15, -0.1) is 0 Å². The van der Waals surface area contributed by atoms with Gasteiger partial charge in [0.15, 0.2) is 0 Å². The van der Waals surface area contributed by atoms with Crippen LogP contribution in [0.5, 0.6) is 0 Å². The van der Waals surface area contributed by atoms with Gasteiger partial charge in [0, 0.05) is 6.42 Å². The van der Waals surface area contributed by atoms with Crippen molar-refractivity contribution in [3.8, 4) is 0 Å². The maximum Gasteiger partial charge on any atom is 0.374 e. The molecule has 0 aliphatic carbocycles. The van der Waals surface area contributed by atoms with Crippen molar-refractivity contribution in [1.82, 2.24) is 0 Å². The summed E-state index contributed by atoms with van der Waals surface area (Å²) in [5.41, 5.74) is 0. The van der Waals surface area contributed by atoms with Crippen LogP contribution in [0.15, 0.2) is 0 Å². The summed E-state index contributed by atoms with van der Waals surface area (Å²) < 4.78 is 4.40. The largest absolute Gasteiger partial charge is 0.463 e. The maximum atomic E-state index is 11.2. The number of unbranched alkanes of at least 4 members (excludes halogenated alkanes) is 14. The lowest BCUT2D eigenvalue weighted by atomic mass is 10.0. The van der Waals surface area contributed by atoms with Crippen LogP contribution in [0, 0.1) is 0 Å². The van der Waals surface area contributed by atoms with Gasteiger partial charge in [-0.2, -0.15) is 0 Å². The molecule has 3 nitrogen and oxygen atoms in total. The van der Waals surface area contributed by atoms with Crippen molar-refractivity contribution in [2.45, 2.75) is 110 Å². The van der Waals surface area contributed by atoms with E-state index in [2.05, 4.69) is 11.7 Å². The predicted octanol–water partition coefficient (Wildman–Crippen LogP) is 5.99. The van der Waals surface area contributed by atoms with E-state index in [1.807, 2.05) is 0 Å². The highest BCUT2D eigenvalue weighted by atomic mass is 16.5. The van der Waals surface area contributed by atoms with E-state index in [0.717, 1.165) is 12.8 Å². The van der Waals surface area contributed by atoms with Crippen molar-refractivity contribution in [3.05, 3.63) is 0 Å². The first kappa shape index (κ1) is 22.1. The molecule has 23 heavy (non-hydrogen) atoms. The van der Waals surface area contributed by atoms with E-state index < -0.39 is 5.97 Å². The summed E-state index contributed by atoms with van der Waals surface area (Å²) in [5.74, 6) is -1.09. The first-order valence-electron chi connectivity index (χ1n) is 9.83. The van der Waals surface area contributed by atoms with Gasteiger partial charge in [-0.05, 0) is 6.42 Å². The number of methoxy groups -OCH3 is 1. The van der Waals surface area contributed by atoms with Crippen molar-refractivity contribution in [3.63, 3.8) is 0 Å². The molecule has 0 aliphatic rings. The Morgan fingerprint density at radius 1 is 0.609 bits per heavy atom. The first-order chi connectivity index (χ1) is 11.2. The van der Waals surface area contributed by atoms with E-state index in [0.29, 0.717) is 6.42 Å². The second kappa shape index (κ2) is 17.5. The molecule has 0 radical (unpaired) electrons. The molecular formula is C20H38O3. The van der Waals surface area contributed by atoms with E-state index in [-0.39, 0.29) is 5.78 Å². The summed E-state index contributed by atoms with van der Waals surface area (Å²) in [7, 11) is 1.26. The van der Waals surface area contributed by atoms with Crippen molar-refractivity contribution < 1.29 is 14.3 Å². The number of hydrogen-bond donors (Lipinski definition) is 0. The molecule has 0 spiro atoms. The van der Waals surface area contributed by atoms with Crippen LogP contribution in [-0.4, -0.2) is 18.9 Å². The molecule has 0 aromatic carbocycles. The van der Waals surface area contributed by atoms with Gasteiger partial charge in [-0.3, -0.25) is 4.79 Å². The standard InChI is InChI=1S/C20H38O3/c1-3-4-5-6-7-8-9-10-11-12-13-14-15-16-17-18-19(21)20(22)23-2/h3-18H2,1-2H3. The van der Waals surface area contributed by atoms with Crippen molar-refractivity contribution in [1.29, 1.82) is 0 Å². The summed E-state index contributed by atoms with van der Waals surface area (Å²) in [4.78, 5) is 22.2. The minimum Gasteiger partial charge on any atom is -0.463 e. The maximum absolute atomic E-state index is 11.2. The zero-order chi connectivity index (χ0) is 17.2. The molecular weight excluding hydrogens is 288 g/mol. The van der Waals surface area contributed by atoms with Gasteiger partial charge in [0.1, 0.15) is 0 Å². The molecule has 136 valence electrons. The Hall–Kier alpha value is -0.860. The average molecular weight is 327 g/mol. The minimum absolute atomic E-state index is 0.338. The normalized spacial score (nSPS) is 10.7. The number of carbonyl (C=O) groups is 2. The molecule has 0 unspecified atom stereocenters. The number of ether oxygens (including phenoxy) is 1. The summed E-state index contributed by atoms with van der Waals surface area (Å²) in [6.45, 7) is 2.27. The SMILES string of the molecule is CCCCCCCCCCCCCCCCCC(=O)C(=O)OC. The van der Waals surface area contributed by atoms with Gasteiger partial charge in [0.05, 0.1) is 7.11 Å². The van der Waals surface area contributed by atoms with Crippen molar-refractivity contribution >= 4 is 11.8 Å². The molecule has 0 aromatic rings. The molecule has 0 amide bonds. The van der Waals surface area contributed by atoms with Gasteiger partial charge in [-0.1, -0.05) is 96.8 Å². The summed E-state index contributed by atoms with van der Waals surface area (Å²) in [6, 6.07) is 0. The fraction of sp³-hybridized carbons (Fsp3) is 0.900. The monoisotopic (exact) mass is 326 g/mol. The Bertz CT molecular complexity index is 287. The van der Waals surface area contributed by atoms with E-state index in [1.165, 1.54) is 90.6 Å². The Kier molecular flexibility index (Phi) is 16.8. The third-order valence-electron chi connectivity index (χ3n) is 4.42. The summed E-state index contributed by atoms with van der Waals surface area (Å²) in [5, 5.41) is 0. The minimum atomic E-state index is -0.699. The molecule has 0 saturated carbocycles. The molecule has 0 N–H and O–H groups in total. The van der Waals surface area contributed by atoms with Gasteiger partial charge < -0.3 is 4.74 Å². The second-order valence-electron chi connectivity index (χ2n) is 6.61. The summed E-state index contributed by atoms with van der Waals surface area (Å²) >= 11 is 0. The molecule has 0 aliphatic heterocycles. The van der Waals surface area contributed by atoms with Crippen LogP contribution >= 0.6 is 0 Å². The molecule has 0 heterocycles. The lowest BCUT2D eigenvalue weighted by molar-refractivity contribution is -0.151. The Morgan fingerprint density at radius 2 is 0.957 bits per heavy atom. The van der Waals surface area contributed by atoms with Crippen LogP contribution in [0.1, 0.15) is 110 Å². The Balaban J connectivity index is 3.11. The number of Topliss-reactive ketones (excluding diaryl/α,β-unsaturated/α-hetero) is 1. The number of hydrogen-bond acceptors (Lipinski definition) is 3. The smallest absolute Gasteiger partial charge is 0.374 e. The zero-order valence-electron chi connectivity index (χ0n) is 15.5. The molecule has 0 atom stereocenters. The van der Waals surface area contributed by atoms with Crippen LogP contribution in [0.3, 0.4) is 0 Å². The van der Waals surface area contributed by atoms with Crippen LogP contribution in [0.4, 0.5) is 0 Å². The second-order valence-corrected chi connectivity index (χ2v) is 6.61. The van der Waals surface area contributed by atoms with Gasteiger partial charge in [0.2, 0.25) is 5.78 Å². The van der Waals surface area contributed by atoms with E-state index in [1.54, 1.807) is 0 Å². The number of rotatable bonds is 17. The summed E-state index contributed by atoms with van der Waals surface area (Å²) in [6.07, 6.45) is 19.8. The molecule has 0 aromatic heterocycles. The quantitative estimate of drug-likeness (QED) is 0.187. The van der Waals surface area contributed by atoms with Crippen LogP contribution < -0.4 is 0 Å². The Morgan fingerprint density at radius 3 is 1.30 bits per heavy atom. The van der Waals surface area contributed by atoms with Crippen LogP contribution in [0.2, 0.25) is 0 Å². The average Bonchev–Trinajstić information content (AvgIpc) is 2.57. The molecule has 3 heteroatoms. The van der Waals surface area contributed by atoms with Gasteiger partial charge in [-0.25, -0.2) is 4.79 Å².